The number of aromatic hydroxyl groups is 1. The van der Waals surface area contributed by atoms with Crippen molar-refractivity contribution in [2.45, 2.75) is 75.2 Å². The second-order valence-corrected chi connectivity index (χ2v) is 12.5. The van der Waals surface area contributed by atoms with Crippen LogP contribution < -0.4 is 38.5 Å². The summed E-state index contributed by atoms with van der Waals surface area (Å²) in [5, 5.41) is 38.6. The molecule has 4 amide bonds. The van der Waals surface area contributed by atoms with Gasteiger partial charge in [0.2, 0.25) is 23.6 Å². The summed E-state index contributed by atoms with van der Waals surface area (Å²) in [5.41, 5.74) is 17.9. The molecule has 14 N–H and O–H groups in total. The van der Waals surface area contributed by atoms with E-state index in [4.69, 9.17) is 17.2 Å². The van der Waals surface area contributed by atoms with Crippen molar-refractivity contribution in [1.29, 1.82) is 0 Å². The van der Waals surface area contributed by atoms with Gasteiger partial charge in [0.15, 0.2) is 5.96 Å². The summed E-state index contributed by atoms with van der Waals surface area (Å²) in [4.78, 5) is 87.3. The average molecular weight is 735 g/mol. The SMILES string of the molecule is CSCC[C@H](NC(=O)[C@@H](N)Cc1ccc(O)cc1)C(=O)N[C@@H](CCC(=O)O)C(=O)N[C@@H](CCCN=C(N)N)C(=O)N[C@@H](Cc1cnc[nH]1)C(=O)O. The van der Waals surface area contributed by atoms with Crippen LogP contribution in [0.25, 0.3) is 0 Å². The van der Waals surface area contributed by atoms with Crippen LogP contribution in [0.4, 0.5) is 0 Å². The number of phenols is 1. The standard InChI is InChI=1S/C31H46N10O9S/c1-51-12-10-23(38-26(45)20(32)13-17-4-6-19(42)7-5-17)29(48)40-22(8-9-25(43)44)28(47)39-21(3-2-11-36-31(33)34)27(46)41-24(30(49)50)14-18-15-35-16-37-18/h4-7,15-16,20-24,42H,2-3,8-14,32H2,1H3,(H,35,37)(H,38,45)(H,39,47)(H,40,48)(H,41,46)(H,43,44)(H,49,50)(H4,33,34,36)/t20-,21-,22-,23-,24-/m0/s1. The molecule has 0 spiro atoms. The molecule has 1 aromatic heterocycles. The number of benzene rings is 1. The molecule has 2 aromatic rings. The number of nitrogens with two attached hydrogens (primary N) is 3. The number of nitrogens with one attached hydrogen (secondary N) is 5. The number of guanidine groups is 1. The minimum absolute atomic E-state index is 0.0414. The molecule has 1 heterocycles. The van der Waals surface area contributed by atoms with Crippen molar-refractivity contribution >= 4 is 53.3 Å². The van der Waals surface area contributed by atoms with Crippen LogP contribution in [0, 0.1) is 0 Å². The van der Waals surface area contributed by atoms with Gasteiger partial charge in [0.25, 0.3) is 0 Å². The van der Waals surface area contributed by atoms with Gasteiger partial charge in [-0.3, -0.25) is 29.0 Å². The summed E-state index contributed by atoms with van der Waals surface area (Å²) in [6.07, 6.45) is 3.82. The van der Waals surface area contributed by atoms with Crippen LogP contribution in [-0.2, 0) is 41.6 Å². The van der Waals surface area contributed by atoms with E-state index in [1.165, 1.54) is 36.4 Å². The molecule has 0 fully saturated rings. The molecule has 0 radical (unpaired) electrons. The van der Waals surface area contributed by atoms with Gasteiger partial charge >= 0.3 is 11.9 Å². The highest BCUT2D eigenvalue weighted by atomic mass is 32.2. The van der Waals surface area contributed by atoms with Crippen LogP contribution in [-0.4, -0.2) is 116 Å². The lowest BCUT2D eigenvalue weighted by molar-refractivity contribution is -0.142. The van der Waals surface area contributed by atoms with Crippen LogP contribution in [0.3, 0.4) is 0 Å². The maximum Gasteiger partial charge on any atom is 0.326 e. The summed E-state index contributed by atoms with van der Waals surface area (Å²) in [6, 6.07) is -0.352. The molecule has 0 unspecified atom stereocenters. The second kappa shape index (κ2) is 21.7. The molecule has 0 aliphatic rings. The van der Waals surface area contributed by atoms with E-state index in [-0.39, 0.29) is 56.8 Å². The highest BCUT2D eigenvalue weighted by Crippen LogP contribution is 2.12. The van der Waals surface area contributed by atoms with Gasteiger partial charge in [-0.15, -0.1) is 0 Å². The fourth-order valence-corrected chi connectivity index (χ4v) is 5.18. The van der Waals surface area contributed by atoms with Gasteiger partial charge in [-0.05, 0) is 61.8 Å². The topological polar surface area (TPSA) is 330 Å². The average Bonchev–Trinajstić information content (AvgIpc) is 3.59. The van der Waals surface area contributed by atoms with E-state index in [2.05, 4.69) is 36.2 Å². The molecular weight excluding hydrogens is 688 g/mol. The molecule has 0 saturated carbocycles. The quantitative estimate of drug-likeness (QED) is 0.0332. The Kier molecular flexibility index (Phi) is 17.8. The Morgan fingerprint density at radius 3 is 1.94 bits per heavy atom. The lowest BCUT2D eigenvalue weighted by Gasteiger charge is -2.26. The minimum Gasteiger partial charge on any atom is -0.508 e. The number of carboxylic acid groups (broad SMARTS) is 2. The molecular formula is C31H46N10O9S. The van der Waals surface area contributed by atoms with E-state index in [0.29, 0.717) is 17.0 Å². The smallest absolute Gasteiger partial charge is 0.326 e. The van der Waals surface area contributed by atoms with Crippen LogP contribution in [0.1, 0.15) is 43.4 Å². The number of aromatic amines is 1. The maximum atomic E-state index is 13.6. The Hall–Kier alpha value is -5.37. The summed E-state index contributed by atoms with van der Waals surface area (Å²) in [7, 11) is 0. The lowest BCUT2D eigenvalue weighted by atomic mass is 10.0. The van der Waals surface area contributed by atoms with Crippen molar-refractivity contribution in [2.75, 3.05) is 18.6 Å². The van der Waals surface area contributed by atoms with Gasteiger partial charge in [-0.2, -0.15) is 11.8 Å². The number of rotatable bonds is 23. The van der Waals surface area contributed by atoms with Crippen molar-refractivity contribution in [3.8, 4) is 5.75 Å². The number of imidazole rings is 1. The van der Waals surface area contributed by atoms with Gasteiger partial charge in [0.05, 0.1) is 12.4 Å². The number of thioether (sulfide) groups is 1. The summed E-state index contributed by atoms with van der Waals surface area (Å²) >= 11 is 1.40. The summed E-state index contributed by atoms with van der Waals surface area (Å²) in [5.74, 6) is -5.58. The number of hydrogen-bond donors (Lipinski definition) is 11. The van der Waals surface area contributed by atoms with Crippen molar-refractivity contribution in [3.05, 3.63) is 48.0 Å². The Balaban J connectivity index is 2.24. The number of carboxylic acids is 2. The van der Waals surface area contributed by atoms with E-state index in [9.17, 15) is 44.1 Å². The molecule has 20 heteroatoms. The van der Waals surface area contributed by atoms with Crippen molar-refractivity contribution in [3.63, 3.8) is 0 Å². The van der Waals surface area contributed by atoms with Crippen LogP contribution in [0.15, 0.2) is 41.8 Å². The van der Waals surface area contributed by atoms with Gasteiger partial charge in [0, 0.05) is 31.3 Å². The van der Waals surface area contributed by atoms with E-state index in [1.54, 1.807) is 18.4 Å². The fourth-order valence-electron chi connectivity index (χ4n) is 4.70. The predicted octanol–water partition coefficient (Wildman–Crippen LogP) is -2.08. The minimum atomic E-state index is -1.47. The molecule has 0 aliphatic carbocycles. The van der Waals surface area contributed by atoms with Gasteiger partial charge in [-0.1, -0.05) is 12.1 Å². The zero-order chi connectivity index (χ0) is 37.9. The van der Waals surface area contributed by atoms with E-state index in [0.717, 1.165) is 0 Å². The van der Waals surface area contributed by atoms with Crippen molar-refractivity contribution < 1.29 is 44.1 Å². The maximum absolute atomic E-state index is 13.6. The summed E-state index contributed by atoms with van der Waals surface area (Å²) < 4.78 is 0. The second-order valence-electron chi connectivity index (χ2n) is 11.5. The number of aliphatic imine (C=N–C) groups is 1. The first-order valence-corrected chi connectivity index (χ1v) is 17.3. The van der Waals surface area contributed by atoms with Crippen LogP contribution >= 0.6 is 11.8 Å². The largest absolute Gasteiger partial charge is 0.508 e. The van der Waals surface area contributed by atoms with Gasteiger partial charge in [-0.25, -0.2) is 9.78 Å². The third kappa shape index (κ3) is 15.8. The number of aliphatic carboxylic acids is 2. The first kappa shape index (κ1) is 41.8. The van der Waals surface area contributed by atoms with Crippen molar-refractivity contribution in [2.24, 2.45) is 22.2 Å². The van der Waals surface area contributed by atoms with Gasteiger partial charge in [0.1, 0.15) is 29.9 Å². The monoisotopic (exact) mass is 734 g/mol. The Morgan fingerprint density at radius 1 is 0.843 bits per heavy atom. The normalized spacial score (nSPS) is 13.8. The molecule has 51 heavy (non-hydrogen) atoms. The number of amides is 4. The fraction of sp³-hybridized carbons (Fsp3) is 0.484. The van der Waals surface area contributed by atoms with Crippen LogP contribution in [0.5, 0.6) is 5.75 Å². The van der Waals surface area contributed by atoms with Gasteiger partial charge < -0.3 is 58.8 Å². The Bertz CT molecular complexity index is 1490. The first-order valence-electron chi connectivity index (χ1n) is 15.9. The first-order chi connectivity index (χ1) is 24.2. The summed E-state index contributed by atoms with van der Waals surface area (Å²) in [6.45, 7) is 0.0728. The van der Waals surface area contributed by atoms with Crippen LogP contribution in [0.2, 0.25) is 0 Å². The third-order valence-electron chi connectivity index (χ3n) is 7.42. The highest BCUT2D eigenvalue weighted by Gasteiger charge is 2.32. The zero-order valence-corrected chi connectivity index (χ0v) is 28.9. The molecule has 0 saturated heterocycles. The molecule has 2 rings (SSSR count). The Labute approximate surface area is 298 Å². The number of phenolic OH excluding ortho intramolecular Hbond substituents is 1. The zero-order valence-electron chi connectivity index (χ0n) is 28.0. The Morgan fingerprint density at radius 2 is 1.41 bits per heavy atom. The number of hydrogen-bond acceptors (Lipinski definition) is 11. The molecule has 0 aliphatic heterocycles. The number of carbonyl (C=O) groups is 6. The molecule has 280 valence electrons. The van der Waals surface area contributed by atoms with Crippen molar-refractivity contribution in [1.82, 2.24) is 31.2 Å². The molecule has 0 bridgehead atoms. The number of aromatic nitrogens is 2. The predicted molar refractivity (Wildman–Crippen MR) is 187 cm³/mol. The number of carbonyl (C=O) groups excluding carboxylic acids is 4. The van der Waals surface area contributed by atoms with E-state index < -0.39 is 72.2 Å². The number of nitrogens with zero attached hydrogens (tertiary/aromatic N) is 2. The lowest BCUT2D eigenvalue weighted by Crippen LogP contribution is -2.58. The molecule has 19 nitrogen and oxygen atoms in total. The highest BCUT2D eigenvalue weighted by molar-refractivity contribution is 7.98. The van der Waals surface area contributed by atoms with E-state index >= 15 is 0 Å². The number of H-pyrrole nitrogens is 1. The molecule has 5 atom stereocenters. The van der Waals surface area contributed by atoms with E-state index in [1.807, 2.05) is 0 Å². The third-order valence-corrected chi connectivity index (χ3v) is 8.07. The molecule has 1 aromatic carbocycles.